The molecule has 1 aromatic heterocycles. The third-order valence-electron chi connectivity index (χ3n) is 6.02. The van der Waals surface area contributed by atoms with Crippen LogP contribution in [0.1, 0.15) is 54.0 Å². The van der Waals surface area contributed by atoms with Crippen LogP contribution in [0.2, 0.25) is 0 Å². The van der Waals surface area contributed by atoms with Gasteiger partial charge in [-0.1, -0.05) is 79.6 Å². The number of nitrogens with one attached hydrogen (secondary N) is 1. The van der Waals surface area contributed by atoms with Crippen LogP contribution in [-0.2, 0) is 10.2 Å². The fourth-order valence-corrected chi connectivity index (χ4v) is 5.45. The summed E-state index contributed by atoms with van der Waals surface area (Å²) in [5.41, 5.74) is 2.52. The van der Waals surface area contributed by atoms with Gasteiger partial charge >= 0.3 is 0 Å². The molecule has 1 saturated carbocycles. The van der Waals surface area contributed by atoms with Gasteiger partial charge in [-0.25, -0.2) is 0 Å². The van der Waals surface area contributed by atoms with Crippen molar-refractivity contribution in [3.63, 3.8) is 0 Å². The molecule has 0 atom stereocenters. The van der Waals surface area contributed by atoms with Crippen molar-refractivity contribution in [2.24, 2.45) is 0 Å². The molecule has 0 spiro atoms. The molecule has 3 aromatic rings. The van der Waals surface area contributed by atoms with Gasteiger partial charge in [0.25, 0.3) is 0 Å². The van der Waals surface area contributed by atoms with Gasteiger partial charge in [0.1, 0.15) is 0 Å². The number of rotatable bonds is 7. The monoisotopic (exact) mass is 389 g/mol. The van der Waals surface area contributed by atoms with Gasteiger partial charge in [0, 0.05) is 29.2 Å². The maximum Gasteiger partial charge on any atom is 0.220 e. The number of carbonyl (C=O) groups excluding carboxylic acids is 1. The Morgan fingerprint density at radius 1 is 0.893 bits per heavy atom. The summed E-state index contributed by atoms with van der Waals surface area (Å²) in [5.74, 6) is 0.226. The van der Waals surface area contributed by atoms with Gasteiger partial charge in [-0.05, 0) is 35.4 Å². The van der Waals surface area contributed by atoms with Gasteiger partial charge in [0.15, 0.2) is 0 Å². The van der Waals surface area contributed by atoms with E-state index < -0.39 is 0 Å². The van der Waals surface area contributed by atoms with Gasteiger partial charge < -0.3 is 5.32 Å². The van der Waals surface area contributed by atoms with Gasteiger partial charge in [0.2, 0.25) is 5.91 Å². The maximum absolute atomic E-state index is 13.0. The minimum atomic E-state index is 0.0867. The highest BCUT2D eigenvalue weighted by molar-refractivity contribution is 7.10. The van der Waals surface area contributed by atoms with Crippen molar-refractivity contribution in [1.82, 2.24) is 5.32 Å². The quantitative estimate of drug-likeness (QED) is 0.536. The molecule has 1 amide bonds. The van der Waals surface area contributed by atoms with Crippen LogP contribution in [-0.4, -0.2) is 12.5 Å². The highest BCUT2D eigenvalue weighted by Gasteiger charge is 2.36. The van der Waals surface area contributed by atoms with Crippen LogP contribution < -0.4 is 5.32 Å². The summed E-state index contributed by atoms with van der Waals surface area (Å²) in [6.07, 6.45) is 5.34. The Labute approximate surface area is 171 Å². The second-order valence-electron chi connectivity index (χ2n) is 7.82. The standard InChI is InChI=1S/C25H27NOS/c27-24(26-19-25(15-7-8-16-25)23-14-9-17-28-23)18-22(20-10-3-1-4-11-20)21-12-5-2-6-13-21/h1-6,9-14,17,22H,7-8,15-16,18-19H2,(H,26,27). The Morgan fingerprint density at radius 3 is 2.04 bits per heavy atom. The Hall–Kier alpha value is -2.39. The van der Waals surface area contributed by atoms with E-state index in [-0.39, 0.29) is 17.2 Å². The van der Waals surface area contributed by atoms with Crippen LogP contribution in [0.25, 0.3) is 0 Å². The van der Waals surface area contributed by atoms with E-state index in [9.17, 15) is 4.79 Å². The number of amides is 1. The molecule has 0 bridgehead atoms. The Balaban J connectivity index is 1.48. The van der Waals surface area contributed by atoms with E-state index in [1.807, 2.05) is 47.7 Å². The zero-order valence-electron chi connectivity index (χ0n) is 16.1. The van der Waals surface area contributed by atoms with Crippen LogP contribution in [0.5, 0.6) is 0 Å². The van der Waals surface area contributed by atoms with Crippen molar-refractivity contribution in [3.05, 3.63) is 94.2 Å². The second-order valence-corrected chi connectivity index (χ2v) is 8.77. The number of thiophene rings is 1. The molecule has 1 aliphatic carbocycles. The summed E-state index contributed by atoms with van der Waals surface area (Å²) in [6, 6.07) is 25.1. The molecule has 1 heterocycles. The van der Waals surface area contributed by atoms with Gasteiger partial charge in [0.05, 0.1) is 0 Å². The van der Waals surface area contributed by atoms with Crippen LogP contribution >= 0.6 is 11.3 Å². The number of benzene rings is 2. The zero-order valence-corrected chi connectivity index (χ0v) is 17.0. The molecule has 0 radical (unpaired) electrons. The van der Waals surface area contributed by atoms with Crippen molar-refractivity contribution in [1.29, 1.82) is 0 Å². The fraction of sp³-hybridized carbons (Fsp3) is 0.320. The van der Waals surface area contributed by atoms with Crippen molar-refractivity contribution in [2.75, 3.05) is 6.54 Å². The highest BCUT2D eigenvalue weighted by Crippen LogP contribution is 2.42. The Morgan fingerprint density at radius 2 is 1.50 bits per heavy atom. The highest BCUT2D eigenvalue weighted by atomic mass is 32.1. The van der Waals surface area contributed by atoms with E-state index >= 15 is 0 Å². The lowest BCUT2D eigenvalue weighted by Gasteiger charge is -2.28. The first-order chi connectivity index (χ1) is 13.8. The molecule has 28 heavy (non-hydrogen) atoms. The first-order valence-corrected chi connectivity index (χ1v) is 11.1. The molecule has 0 unspecified atom stereocenters. The molecule has 144 valence electrons. The lowest BCUT2D eigenvalue weighted by molar-refractivity contribution is -0.121. The minimum Gasteiger partial charge on any atom is -0.355 e. The largest absolute Gasteiger partial charge is 0.355 e. The van der Waals surface area contributed by atoms with Crippen LogP contribution in [0.3, 0.4) is 0 Å². The zero-order chi connectivity index (χ0) is 19.2. The average Bonchev–Trinajstić information content (AvgIpc) is 3.44. The summed E-state index contributed by atoms with van der Waals surface area (Å²) in [6.45, 7) is 0.753. The van der Waals surface area contributed by atoms with E-state index in [1.54, 1.807) is 0 Å². The molecule has 0 aliphatic heterocycles. The number of hydrogen-bond donors (Lipinski definition) is 1. The average molecular weight is 390 g/mol. The molecule has 1 aliphatic rings. The van der Waals surface area contributed by atoms with Crippen molar-refractivity contribution >= 4 is 17.2 Å². The van der Waals surface area contributed by atoms with E-state index in [0.717, 1.165) is 6.54 Å². The molecule has 2 nitrogen and oxygen atoms in total. The summed E-state index contributed by atoms with van der Waals surface area (Å²) in [5, 5.41) is 5.44. The lowest BCUT2D eigenvalue weighted by Crippen LogP contribution is -2.39. The summed E-state index contributed by atoms with van der Waals surface area (Å²) in [7, 11) is 0. The normalized spacial score (nSPS) is 15.6. The summed E-state index contributed by atoms with van der Waals surface area (Å²) < 4.78 is 0. The predicted molar refractivity (Wildman–Crippen MR) is 117 cm³/mol. The molecule has 2 aromatic carbocycles. The van der Waals surface area contributed by atoms with E-state index in [4.69, 9.17) is 0 Å². The van der Waals surface area contributed by atoms with E-state index in [2.05, 4.69) is 47.1 Å². The predicted octanol–water partition coefficient (Wildman–Crippen LogP) is 5.90. The van der Waals surface area contributed by atoms with Crippen LogP contribution in [0.4, 0.5) is 0 Å². The van der Waals surface area contributed by atoms with Crippen molar-refractivity contribution in [2.45, 2.75) is 43.4 Å². The molecular weight excluding hydrogens is 362 g/mol. The minimum absolute atomic E-state index is 0.0867. The SMILES string of the molecule is O=C(CC(c1ccccc1)c1ccccc1)NCC1(c2cccs2)CCCC1. The smallest absolute Gasteiger partial charge is 0.220 e. The van der Waals surface area contributed by atoms with Gasteiger partial charge in [-0.15, -0.1) is 11.3 Å². The first-order valence-electron chi connectivity index (χ1n) is 10.2. The number of carbonyl (C=O) groups is 1. The topological polar surface area (TPSA) is 29.1 Å². The molecule has 3 heteroatoms. The third-order valence-corrected chi connectivity index (χ3v) is 7.14. The maximum atomic E-state index is 13.0. The third kappa shape index (κ3) is 4.20. The Bertz CT molecular complexity index is 828. The fourth-order valence-electron chi connectivity index (χ4n) is 4.47. The van der Waals surface area contributed by atoms with Crippen molar-refractivity contribution < 1.29 is 4.79 Å². The summed E-state index contributed by atoms with van der Waals surface area (Å²) in [4.78, 5) is 14.4. The molecule has 0 saturated heterocycles. The number of hydrogen-bond acceptors (Lipinski definition) is 2. The second kappa shape index (κ2) is 8.74. The first kappa shape index (κ1) is 18.9. The van der Waals surface area contributed by atoms with E-state index in [0.29, 0.717) is 6.42 Å². The van der Waals surface area contributed by atoms with Gasteiger partial charge in [-0.2, -0.15) is 0 Å². The molecule has 1 fully saturated rings. The van der Waals surface area contributed by atoms with Crippen molar-refractivity contribution in [3.8, 4) is 0 Å². The lowest BCUT2D eigenvalue weighted by atomic mass is 9.84. The van der Waals surface area contributed by atoms with Crippen LogP contribution in [0, 0.1) is 0 Å². The molecular formula is C25H27NOS. The molecule has 1 N–H and O–H groups in total. The van der Waals surface area contributed by atoms with Gasteiger partial charge in [-0.3, -0.25) is 4.79 Å². The van der Waals surface area contributed by atoms with E-state index in [1.165, 1.54) is 41.7 Å². The molecule has 4 rings (SSSR count). The summed E-state index contributed by atoms with van der Waals surface area (Å²) >= 11 is 1.83. The van der Waals surface area contributed by atoms with Crippen LogP contribution in [0.15, 0.2) is 78.2 Å². The Kier molecular flexibility index (Phi) is 5.92.